The lowest BCUT2D eigenvalue weighted by Crippen LogP contribution is -2.31. The molecule has 0 unspecified atom stereocenters. The van der Waals surface area contributed by atoms with Gasteiger partial charge in [-0.05, 0) is 37.1 Å². The Kier molecular flexibility index (Phi) is 11.1. The van der Waals surface area contributed by atoms with E-state index >= 15 is 0 Å². The van der Waals surface area contributed by atoms with E-state index in [2.05, 4.69) is 0 Å². The molecule has 0 radical (unpaired) electrons. The van der Waals surface area contributed by atoms with Crippen LogP contribution in [-0.4, -0.2) is 58.5 Å². The highest BCUT2D eigenvalue weighted by molar-refractivity contribution is 5.90. The first kappa shape index (κ1) is 33.2. The van der Waals surface area contributed by atoms with Crippen LogP contribution in [0.1, 0.15) is 66.1 Å². The molecule has 2 aromatic heterocycles. The first-order valence-electron chi connectivity index (χ1n) is 14.3. The molecule has 0 fully saturated rings. The molecular weight excluding hydrogens is 608 g/mol. The van der Waals surface area contributed by atoms with Gasteiger partial charge < -0.3 is 38.4 Å². The zero-order chi connectivity index (χ0) is 33.2. The van der Waals surface area contributed by atoms with Crippen LogP contribution in [0.4, 0.5) is 0 Å². The number of hydrogen-bond acceptors (Lipinski definition) is 11. The number of carbonyl (C=O) groups excluding carboxylic acids is 1. The lowest BCUT2D eigenvalue weighted by molar-refractivity contribution is -0.152. The third-order valence-corrected chi connectivity index (χ3v) is 6.77. The molecule has 0 spiro atoms. The van der Waals surface area contributed by atoms with Crippen molar-refractivity contribution in [1.29, 1.82) is 0 Å². The molecular formula is C32H30O14. The monoisotopic (exact) mass is 638 g/mol. The van der Waals surface area contributed by atoms with Crippen molar-refractivity contribution >= 4 is 45.8 Å². The van der Waals surface area contributed by atoms with Gasteiger partial charge in [0.2, 0.25) is 11.5 Å². The highest BCUT2D eigenvalue weighted by Gasteiger charge is 2.21. The number of rotatable bonds is 17. The second-order valence-electron chi connectivity index (χ2n) is 10.2. The van der Waals surface area contributed by atoms with Crippen LogP contribution >= 0.6 is 0 Å². The van der Waals surface area contributed by atoms with Gasteiger partial charge in [-0.2, -0.15) is 0 Å². The summed E-state index contributed by atoms with van der Waals surface area (Å²) in [6.07, 6.45) is 2.26. The van der Waals surface area contributed by atoms with Gasteiger partial charge in [-0.25, -0.2) is 9.59 Å². The van der Waals surface area contributed by atoms with Crippen LogP contribution in [0.2, 0.25) is 0 Å². The number of benzene rings is 2. The zero-order valence-electron chi connectivity index (χ0n) is 24.4. The van der Waals surface area contributed by atoms with E-state index in [-0.39, 0.29) is 59.5 Å². The van der Waals surface area contributed by atoms with Crippen LogP contribution < -0.4 is 20.3 Å². The van der Waals surface area contributed by atoms with Crippen molar-refractivity contribution < 1.29 is 57.5 Å². The molecule has 0 atom stereocenters. The van der Waals surface area contributed by atoms with Crippen molar-refractivity contribution in [2.75, 3.05) is 13.2 Å². The summed E-state index contributed by atoms with van der Waals surface area (Å²) < 4.78 is 27.9. The number of hydrogen-bond donors (Lipinski definition) is 3. The molecule has 0 amide bonds. The zero-order valence-corrected chi connectivity index (χ0v) is 24.4. The van der Waals surface area contributed by atoms with Crippen molar-refractivity contribution in [3.63, 3.8) is 0 Å². The maximum atomic E-state index is 12.7. The minimum absolute atomic E-state index is 0.0257. The number of ether oxygens (including phenoxy) is 3. The van der Waals surface area contributed by atoms with Crippen molar-refractivity contribution in [3.05, 3.63) is 80.5 Å². The molecule has 0 saturated carbocycles. The Labute approximate surface area is 259 Å². The Morgan fingerprint density at radius 1 is 0.652 bits per heavy atom. The molecule has 14 nitrogen and oxygen atoms in total. The molecule has 0 saturated heterocycles. The number of fused-ring (bicyclic) bond motifs is 2. The topological polar surface area (TPSA) is 217 Å². The lowest BCUT2D eigenvalue weighted by Gasteiger charge is -2.20. The Morgan fingerprint density at radius 2 is 1.11 bits per heavy atom. The lowest BCUT2D eigenvalue weighted by atomic mass is 10.1. The number of unbranched alkanes of at least 4 members (excludes halogenated alkanes) is 4. The molecule has 0 aliphatic carbocycles. The summed E-state index contributed by atoms with van der Waals surface area (Å²) in [5.41, 5.74) is -1.38. The van der Waals surface area contributed by atoms with Crippen LogP contribution in [0.15, 0.2) is 67.0 Å². The molecule has 2 aromatic carbocycles. The summed E-state index contributed by atoms with van der Waals surface area (Å²) in [4.78, 5) is 71.4. The van der Waals surface area contributed by atoms with Gasteiger partial charge in [0.1, 0.15) is 46.7 Å². The van der Waals surface area contributed by atoms with Crippen LogP contribution in [-0.2, 0) is 14.3 Å². The number of carboxylic acid groups (broad SMARTS) is 3. The van der Waals surface area contributed by atoms with Crippen LogP contribution in [0, 0.1) is 0 Å². The van der Waals surface area contributed by atoms with Gasteiger partial charge in [-0.15, -0.1) is 0 Å². The minimum atomic E-state index is -1.42. The van der Waals surface area contributed by atoms with Crippen LogP contribution in [0.5, 0.6) is 11.5 Å². The Morgan fingerprint density at radius 3 is 1.57 bits per heavy atom. The smallest absolute Gasteiger partial charge is 0.371 e. The van der Waals surface area contributed by atoms with E-state index in [4.69, 9.17) is 28.2 Å². The standard InChI is InChI=1S/C32H30O14/c33-19-14-25(31(38)39)45-23-10-6-8-21(29(19)23)42-16-18(44-28(37)13-5-3-1-2-4-12-27(35)36)17-43-22-9-7-11-24-30(22)20(34)15-26(46-24)32(40)41/h6-11,14-15,18H,1-5,12-13,16-17H2,(H,35,36)(H,38,39)(H,40,41). The van der Waals surface area contributed by atoms with Crippen molar-refractivity contribution in [2.24, 2.45) is 0 Å². The Balaban J connectivity index is 1.50. The molecule has 3 N–H and O–H groups in total. The number of esters is 1. The first-order chi connectivity index (χ1) is 22.0. The van der Waals surface area contributed by atoms with E-state index in [0.717, 1.165) is 18.6 Å². The van der Waals surface area contributed by atoms with Crippen molar-refractivity contribution in [2.45, 2.75) is 51.0 Å². The van der Waals surface area contributed by atoms with Gasteiger partial charge in [-0.3, -0.25) is 19.2 Å². The number of carbonyl (C=O) groups is 4. The third-order valence-electron chi connectivity index (χ3n) is 6.77. The van der Waals surface area contributed by atoms with Crippen molar-refractivity contribution in [1.82, 2.24) is 0 Å². The molecule has 0 bridgehead atoms. The molecule has 14 heteroatoms. The fraction of sp³-hybridized carbons (Fsp3) is 0.312. The van der Waals surface area contributed by atoms with E-state index < -0.39 is 52.4 Å². The summed E-state index contributed by atoms with van der Waals surface area (Å²) in [5, 5.41) is 27.1. The van der Waals surface area contributed by atoms with E-state index in [1.165, 1.54) is 36.4 Å². The predicted molar refractivity (Wildman–Crippen MR) is 160 cm³/mol. The van der Waals surface area contributed by atoms with E-state index in [1.807, 2.05) is 0 Å². The minimum Gasteiger partial charge on any atom is -0.489 e. The Bertz CT molecular complexity index is 1750. The maximum absolute atomic E-state index is 12.7. The summed E-state index contributed by atoms with van der Waals surface area (Å²) in [6.45, 7) is -0.634. The quantitative estimate of drug-likeness (QED) is 0.107. The summed E-state index contributed by atoms with van der Waals surface area (Å²) in [7, 11) is 0. The van der Waals surface area contributed by atoms with E-state index in [9.17, 15) is 39.0 Å². The average molecular weight is 639 g/mol. The van der Waals surface area contributed by atoms with Gasteiger partial charge >= 0.3 is 23.9 Å². The van der Waals surface area contributed by atoms with Gasteiger partial charge in [-0.1, -0.05) is 31.4 Å². The van der Waals surface area contributed by atoms with Gasteiger partial charge in [0.15, 0.2) is 17.0 Å². The molecule has 4 rings (SSSR count). The summed E-state index contributed by atoms with van der Waals surface area (Å²) in [6, 6.07) is 10.3. The number of aromatic carboxylic acids is 2. The average Bonchev–Trinajstić information content (AvgIpc) is 3.01. The summed E-state index contributed by atoms with van der Waals surface area (Å²) in [5.74, 6) is -5.29. The Hall–Kier alpha value is -5.66. The van der Waals surface area contributed by atoms with Crippen LogP contribution in [0.25, 0.3) is 21.9 Å². The SMILES string of the molecule is O=C(O)CCCCCCCC(=O)OC(COc1cccc2oc(C(=O)O)cc(=O)c12)COc1cccc2oc(C(=O)O)cc(=O)c12. The fourth-order valence-corrected chi connectivity index (χ4v) is 4.61. The van der Waals surface area contributed by atoms with E-state index in [1.54, 1.807) is 0 Å². The second kappa shape index (κ2) is 15.4. The second-order valence-corrected chi connectivity index (χ2v) is 10.2. The molecule has 46 heavy (non-hydrogen) atoms. The highest BCUT2D eigenvalue weighted by atomic mass is 16.6. The highest BCUT2D eigenvalue weighted by Crippen LogP contribution is 2.26. The molecule has 0 aliphatic rings. The molecule has 2 heterocycles. The fourth-order valence-electron chi connectivity index (χ4n) is 4.61. The molecule has 0 aliphatic heterocycles. The van der Waals surface area contributed by atoms with Crippen molar-refractivity contribution in [3.8, 4) is 11.5 Å². The van der Waals surface area contributed by atoms with Crippen LogP contribution in [0.3, 0.4) is 0 Å². The normalized spacial score (nSPS) is 11.1. The number of aliphatic carboxylic acids is 1. The van der Waals surface area contributed by atoms with E-state index in [0.29, 0.717) is 25.7 Å². The molecule has 4 aromatic rings. The largest absolute Gasteiger partial charge is 0.489 e. The summed E-state index contributed by atoms with van der Waals surface area (Å²) >= 11 is 0. The van der Waals surface area contributed by atoms with Gasteiger partial charge in [0.05, 0.1) is 0 Å². The third kappa shape index (κ3) is 8.71. The predicted octanol–water partition coefficient (Wildman–Crippen LogP) is 4.48. The molecule has 242 valence electrons. The number of carboxylic acids is 3. The van der Waals surface area contributed by atoms with Gasteiger partial charge in [0, 0.05) is 25.0 Å². The maximum Gasteiger partial charge on any atom is 0.371 e. The van der Waals surface area contributed by atoms with Gasteiger partial charge in [0.25, 0.3) is 0 Å². The first-order valence-corrected chi connectivity index (χ1v) is 14.3.